The number of rotatable bonds is 5. The van der Waals surface area contributed by atoms with Gasteiger partial charge in [-0.15, -0.1) is 0 Å². The SMILES string of the molecule is CC(=O)[O-].CC(=O)[O-].CC(=O)[O-].CC(=O)[O-].Nc1ccccc1OCCOc1ccccc1N.O.[K+].[K+].[K+].[K+]. The van der Waals surface area contributed by atoms with Gasteiger partial charge in [0.25, 0.3) is 0 Å². The fourth-order valence-corrected chi connectivity index (χ4v) is 1.53. The van der Waals surface area contributed by atoms with Gasteiger partial charge in [0.15, 0.2) is 0 Å². The number of carboxylic acid groups (broad SMARTS) is 4. The van der Waals surface area contributed by atoms with E-state index in [2.05, 4.69) is 0 Å². The van der Waals surface area contributed by atoms with E-state index in [0.29, 0.717) is 36.1 Å². The molecule has 0 saturated heterocycles. The molecule has 39 heavy (non-hydrogen) atoms. The fraction of sp³-hybridized carbons (Fsp3) is 0.273. The summed E-state index contributed by atoms with van der Waals surface area (Å²) in [5.74, 6) is -3.00. The number of carbonyl (C=O) groups is 4. The molecule has 2 rings (SSSR count). The topological polar surface area (TPSA) is 263 Å². The molecule has 0 heterocycles. The monoisotopic (exact) mass is 654 g/mol. The van der Waals surface area contributed by atoms with Gasteiger partial charge in [0, 0.05) is 23.9 Å². The molecule has 0 bridgehead atoms. The molecule has 0 aliphatic rings. The summed E-state index contributed by atoms with van der Waals surface area (Å²) in [4.78, 5) is 35.6. The van der Waals surface area contributed by atoms with Crippen LogP contribution in [0, 0.1) is 0 Å². The second kappa shape index (κ2) is 42.2. The van der Waals surface area contributed by atoms with Crippen LogP contribution >= 0.6 is 0 Å². The minimum atomic E-state index is -1.08. The summed E-state index contributed by atoms with van der Waals surface area (Å²) in [7, 11) is 0. The maximum Gasteiger partial charge on any atom is 1.00 e. The van der Waals surface area contributed by atoms with Crippen molar-refractivity contribution in [3.8, 4) is 11.5 Å². The first-order chi connectivity index (χ1) is 15.7. The number of hydrogen-bond donors (Lipinski definition) is 2. The van der Waals surface area contributed by atoms with Gasteiger partial charge in [0.05, 0.1) is 11.4 Å². The van der Waals surface area contributed by atoms with Gasteiger partial charge >= 0.3 is 206 Å². The molecule has 13 nitrogen and oxygen atoms in total. The molecule has 0 amide bonds. The van der Waals surface area contributed by atoms with Crippen LogP contribution in [0.1, 0.15) is 27.7 Å². The van der Waals surface area contributed by atoms with Crippen LogP contribution in [-0.2, 0) is 19.2 Å². The van der Waals surface area contributed by atoms with Gasteiger partial charge in [-0.25, -0.2) is 0 Å². The van der Waals surface area contributed by atoms with Crippen LogP contribution in [0.15, 0.2) is 48.5 Å². The summed E-state index contributed by atoms with van der Waals surface area (Å²) in [6.07, 6.45) is 0. The van der Waals surface area contributed by atoms with Crippen LogP contribution in [-0.4, -0.2) is 42.6 Å². The molecule has 0 aliphatic carbocycles. The Hall–Kier alpha value is 2.03. The number of para-hydroxylation sites is 4. The molecule has 198 valence electrons. The molecular weight excluding hydrogens is 625 g/mol. The molecule has 0 atom stereocenters. The van der Waals surface area contributed by atoms with E-state index in [1.165, 1.54) is 0 Å². The van der Waals surface area contributed by atoms with Crippen LogP contribution < -0.4 is 247 Å². The Morgan fingerprint density at radius 2 is 0.744 bits per heavy atom. The molecule has 0 spiro atoms. The molecule has 0 aliphatic heterocycles. The summed E-state index contributed by atoms with van der Waals surface area (Å²) in [5, 5.41) is 35.6. The fourth-order valence-electron chi connectivity index (χ4n) is 1.53. The predicted molar refractivity (Wildman–Crippen MR) is 119 cm³/mol. The molecule has 0 aromatic heterocycles. The van der Waals surface area contributed by atoms with Gasteiger partial charge < -0.3 is 66.0 Å². The number of hydrogen-bond acceptors (Lipinski definition) is 12. The predicted octanol–water partition coefficient (Wildman–Crippen LogP) is -15.5. The van der Waals surface area contributed by atoms with Crippen molar-refractivity contribution < 1.29 is 260 Å². The van der Waals surface area contributed by atoms with Gasteiger partial charge in [-0.1, -0.05) is 24.3 Å². The Morgan fingerprint density at radius 1 is 0.564 bits per heavy atom. The average Bonchev–Trinajstić information content (AvgIpc) is 2.66. The largest absolute Gasteiger partial charge is 1.00 e. The zero-order chi connectivity index (χ0) is 27.1. The number of nitrogen functional groups attached to an aromatic ring is 2. The molecular formula is C22H30K4N2O11. The van der Waals surface area contributed by atoms with E-state index in [1.807, 2.05) is 36.4 Å². The number of carboxylic acids is 4. The minimum absolute atomic E-state index is 0. The third kappa shape index (κ3) is 60.1. The Labute approximate surface area is 398 Å². The van der Waals surface area contributed by atoms with E-state index in [9.17, 15) is 0 Å². The molecule has 2 aromatic carbocycles. The molecule has 17 heteroatoms. The Morgan fingerprint density at radius 3 is 0.923 bits per heavy atom. The standard InChI is InChI=1S/C14H16N2O2.4C2H4O2.4K.H2O/c15-11-5-1-3-7-13(11)17-9-10-18-14-8-4-2-6-12(14)16;4*1-2(3)4;;;;;/h1-8H,9-10,15-16H2;4*1H3,(H,3,4);;;;;1H2/q;;;;;4*+1;/p-4. The van der Waals surface area contributed by atoms with Gasteiger partial charge in [-0.3, -0.25) is 0 Å². The molecule has 0 fully saturated rings. The molecule has 2 aromatic rings. The maximum atomic E-state index is 8.89. The van der Waals surface area contributed by atoms with Gasteiger partial charge in [-0.05, 0) is 52.0 Å². The first-order valence-electron chi connectivity index (χ1n) is 9.35. The van der Waals surface area contributed by atoms with Crippen molar-refractivity contribution in [3.63, 3.8) is 0 Å². The summed E-state index contributed by atoms with van der Waals surface area (Å²) >= 11 is 0. The molecule has 0 unspecified atom stereocenters. The van der Waals surface area contributed by atoms with Crippen molar-refractivity contribution in [2.24, 2.45) is 0 Å². The normalized spacial score (nSPS) is 7.18. The molecule has 0 radical (unpaired) electrons. The molecule has 6 N–H and O–H groups in total. The van der Waals surface area contributed by atoms with Crippen LogP contribution in [0.5, 0.6) is 11.5 Å². The second-order valence-corrected chi connectivity index (χ2v) is 5.74. The Bertz CT molecular complexity index is 781. The quantitative estimate of drug-likeness (QED) is 0.173. The van der Waals surface area contributed by atoms with Crippen molar-refractivity contribution in [2.75, 3.05) is 24.7 Å². The van der Waals surface area contributed by atoms with E-state index in [4.69, 9.17) is 60.5 Å². The van der Waals surface area contributed by atoms with Crippen LogP contribution in [0.3, 0.4) is 0 Å². The number of nitrogens with two attached hydrogens (primary N) is 2. The second-order valence-electron chi connectivity index (χ2n) is 5.74. The van der Waals surface area contributed by atoms with Gasteiger partial charge in [0.2, 0.25) is 0 Å². The third-order valence-corrected chi connectivity index (χ3v) is 2.44. The van der Waals surface area contributed by atoms with Crippen molar-refractivity contribution in [1.82, 2.24) is 0 Å². The van der Waals surface area contributed by atoms with Crippen molar-refractivity contribution in [1.29, 1.82) is 0 Å². The van der Waals surface area contributed by atoms with Crippen LogP contribution in [0.4, 0.5) is 11.4 Å². The summed E-state index contributed by atoms with van der Waals surface area (Å²) in [6, 6.07) is 14.7. The Balaban J connectivity index is -0.0000000645. The number of carbonyl (C=O) groups excluding carboxylic acids is 4. The molecule has 0 saturated carbocycles. The van der Waals surface area contributed by atoms with E-state index in [1.54, 1.807) is 12.1 Å². The van der Waals surface area contributed by atoms with E-state index >= 15 is 0 Å². The van der Waals surface area contributed by atoms with Crippen molar-refractivity contribution in [2.45, 2.75) is 27.7 Å². The number of anilines is 2. The minimum Gasteiger partial charge on any atom is -0.550 e. The number of aliphatic carboxylic acids is 4. The van der Waals surface area contributed by atoms with Crippen LogP contribution in [0.25, 0.3) is 0 Å². The maximum absolute atomic E-state index is 8.89. The summed E-state index contributed by atoms with van der Waals surface area (Å²) in [6.45, 7) is 4.73. The van der Waals surface area contributed by atoms with Crippen LogP contribution in [0.2, 0.25) is 0 Å². The van der Waals surface area contributed by atoms with Crippen molar-refractivity contribution >= 4 is 35.3 Å². The van der Waals surface area contributed by atoms with Gasteiger partial charge in [0.1, 0.15) is 24.7 Å². The first kappa shape index (κ1) is 60.3. The zero-order valence-electron chi connectivity index (χ0n) is 23.8. The van der Waals surface area contributed by atoms with Gasteiger partial charge in [-0.2, -0.15) is 0 Å². The van der Waals surface area contributed by atoms with Crippen molar-refractivity contribution in [3.05, 3.63) is 48.5 Å². The number of benzene rings is 2. The van der Waals surface area contributed by atoms with E-state index in [0.717, 1.165) is 27.7 Å². The zero-order valence-corrected chi connectivity index (χ0v) is 36.3. The smallest absolute Gasteiger partial charge is 0.550 e. The summed E-state index contributed by atoms with van der Waals surface area (Å²) < 4.78 is 11.0. The van der Waals surface area contributed by atoms with E-state index in [-0.39, 0.29) is 211 Å². The number of ether oxygens (including phenoxy) is 2. The Kier molecular flexibility index (Phi) is 65.1. The average molecular weight is 655 g/mol. The first-order valence-corrected chi connectivity index (χ1v) is 9.35. The summed E-state index contributed by atoms with van der Waals surface area (Å²) in [5.41, 5.74) is 12.7. The van der Waals surface area contributed by atoms with E-state index < -0.39 is 23.9 Å². The third-order valence-electron chi connectivity index (χ3n) is 2.44.